The van der Waals surface area contributed by atoms with Crippen LogP contribution in [-0.4, -0.2) is 33.6 Å². The average molecular weight is 413 g/mol. The number of hydrogen-bond acceptors (Lipinski definition) is 6. The molecule has 0 unspecified atom stereocenters. The van der Waals surface area contributed by atoms with Crippen LogP contribution in [0.15, 0.2) is 41.3 Å². The van der Waals surface area contributed by atoms with Crippen molar-refractivity contribution >= 4 is 27.6 Å². The molecule has 0 atom stereocenters. The molecule has 0 spiro atoms. The number of ether oxygens (including phenoxy) is 2. The monoisotopic (exact) mass is 413 g/mol. The normalized spacial score (nSPS) is 11.0. The van der Waals surface area contributed by atoms with Gasteiger partial charge in [-0.1, -0.05) is 0 Å². The Labute approximate surface area is 160 Å². The number of sulfonamides is 1. The summed E-state index contributed by atoms with van der Waals surface area (Å²) in [6, 6.07) is 5.59. The summed E-state index contributed by atoms with van der Waals surface area (Å²) in [5.41, 5.74) is -0.451. The number of carbonyl (C=O) groups excluding carboxylic acids is 2. The van der Waals surface area contributed by atoms with Crippen molar-refractivity contribution in [3.8, 4) is 0 Å². The number of esters is 2. The molecule has 0 bridgehead atoms. The highest BCUT2D eigenvalue weighted by Crippen LogP contribution is 2.24. The van der Waals surface area contributed by atoms with Gasteiger partial charge < -0.3 is 9.47 Å². The molecule has 2 rings (SSSR count). The Morgan fingerprint density at radius 2 is 1.57 bits per heavy atom. The van der Waals surface area contributed by atoms with E-state index in [-0.39, 0.29) is 30.0 Å². The first kappa shape index (κ1) is 21.3. The largest absolute Gasteiger partial charge is 0.462 e. The quantitative estimate of drug-likeness (QED) is 0.701. The molecule has 1 N–H and O–H groups in total. The zero-order chi connectivity index (χ0) is 20.9. The lowest BCUT2D eigenvalue weighted by atomic mass is 10.1. The first-order chi connectivity index (χ1) is 13.2. The molecule has 10 heteroatoms. The minimum atomic E-state index is -4.39. The Hall–Kier alpha value is -3.01. The van der Waals surface area contributed by atoms with E-state index in [1.807, 2.05) is 0 Å². The minimum absolute atomic E-state index is 0.0158. The maximum absolute atomic E-state index is 13.4. The van der Waals surface area contributed by atoms with Gasteiger partial charge >= 0.3 is 11.9 Å². The highest BCUT2D eigenvalue weighted by atomic mass is 32.2. The molecule has 0 aliphatic carbocycles. The molecule has 2 aromatic carbocycles. The number of rotatable bonds is 7. The van der Waals surface area contributed by atoms with Crippen LogP contribution in [0.2, 0.25) is 0 Å². The van der Waals surface area contributed by atoms with E-state index < -0.39 is 38.5 Å². The fourth-order valence-electron chi connectivity index (χ4n) is 2.20. The summed E-state index contributed by atoms with van der Waals surface area (Å²) in [7, 11) is -4.39. The van der Waals surface area contributed by atoms with Crippen molar-refractivity contribution in [2.24, 2.45) is 0 Å². The van der Waals surface area contributed by atoms with E-state index in [0.717, 1.165) is 12.1 Å². The summed E-state index contributed by atoms with van der Waals surface area (Å²) >= 11 is 0. The van der Waals surface area contributed by atoms with E-state index in [4.69, 9.17) is 9.47 Å². The molecule has 0 aliphatic heterocycles. The average Bonchev–Trinajstić information content (AvgIpc) is 2.63. The maximum Gasteiger partial charge on any atom is 0.340 e. The molecule has 150 valence electrons. The molecule has 2 aromatic rings. The Morgan fingerprint density at radius 1 is 0.929 bits per heavy atom. The summed E-state index contributed by atoms with van der Waals surface area (Å²) in [6.07, 6.45) is 0. The van der Waals surface area contributed by atoms with Crippen molar-refractivity contribution in [2.75, 3.05) is 17.9 Å². The lowest BCUT2D eigenvalue weighted by molar-refractivity contribution is 0.0512. The summed E-state index contributed by atoms with van der Waals surface area (Å²) in [4.78, 5) is 23.5. The van der Waals surface area contributed by atoms with Crippen LogP contribution in [0.1, 0.15) is 34.6 Å². The standard InChI is InChI=1S/C18H17F2NO6S/c1-3-26-17(22)11-5-7-13(18(23)27-4-2)16(9-11)21-28(24,25)12-6-8-14(19)15(20)10-12/h5-10,21H,3-4H2,1-2H3. The minimum Gasteiger partial charge on any atom is -0.462 e. The molecule has 0 heterocycles. The van der Waals surface area contributed by atoms with E-state index in [1.54, 1.807) is 13.8 Å². The zero-order valence-electron chi connectivity index (χ0n) is 15.0. The van der Waals surface area contributed by atoms with Crippen molar-refractivity contribution < 1.29 is 36.3 Å². The van der Waals surface area contributed by atoms with Gasteiger partial charge in [0.25, 0.3) is 10.0 Å². The molecule has 0 fully saturated rings. The third kappa shape index (κ3) is 4.83. The Kier molecular flexibility index (Phi) is 6.68. The topological polar surface area (TPSA) is 98.8 Å². The van der Waals surface area contributed by atoms with E-state index >= 15 is 0 Å². The number of benzene rings is 2. The molecule has 0 saturated carbocycles. The van der Waals surface area contributed by atoms with Crippen molar-refractivity contribution in [1.29, 1.82) is 0 Å². The van der Waals surface area contributed by atoms with Crippen LogP contribution < -0.4 is 4.72 Å². The van der Waals surface area contributed by atoms with Gasteiger partial charge in [0.1, 0.15) is 0 Å². The second-order valence-corrected chi connectivity index (χ2v) is 7.07. The first-order valence-electron chi connectivity index (χ1n) is 8.15. The second kappa shape index (κ2) is 8.79. The fourth-order valence-corrected chi connectivity index (χ4v) is 3.29. The van der Waals surface area contributed by atoms with Crippen LogP contribution in [0.25, 0.3) is 0 Å². The zero-order valence-corrected chi connectivity index (χ0v) is 15.8. The van der Waals surface area contributed by atoms with E-state index in [9.17, 15) is 26.8 Å². The van der Waals surface area contributed by atoms with Gasteiger partial charge in [-0.25, -0.2) is 26.8 Å². The lowest BCUT2D eigenvalue weighted by Gasteiger charge is -2.13. The molecule has 0 amide bonds. The van der Waals surface area contributed by atoms with Gasteiger partial charge in [-0.3, -0.25) is 4.72 Å². The maximum atomic E-state index is 13.4. The van der Waals surface area contributed by atoms with Crippen molar-refractivity contribution in [3.05, 3.63) is 59.2 Å². The van der Waals surface area contributed by atoms with E-state index in [0.29, 0.717) is 12.1 Å². The molecule has 7 nitrogen and oxygen atoms in total. The van der Waals surface area contributed by atoms with Crippen molar-refractivity contribution in [1.82, 2.24) is 0 Å². The highest BCUT2D eigenvalue weighted by Gasteiger charge is 2.22. The Bertz CT molecular complexity index is 1010. The number of halogens is 2. The van der Waals surface area contributed by atoms with E-state index in [1.165, 1.54) is 12.1 Å². The number of hydrogen-bond donors (Lipinski definition) is 1. The second-order valence-electron chi connectivity index (χ2n) is 5.38. The van der Waals surface area contributed by atoms with Crippen molar-refractivity contribution in [3.63, 3.8) is 0 Å². The molecular weight excluding hydrogens is 396 g/mol. The molecular formula is C18H17F2NO6S. The molecule has 0 saturated heterocycles. The van der Waals surface area contributed by atoms with Crippen LogP contribution in [0, 0.1) is 11.6 Å². The molecule has 0 aromatic heterocycles. The van der Waals surface area contributed by atoms with Gasteiger partial charge in [0.15, 0.2) is 11.6 Å². The van der Waals surface area contributed by atoms with Gasteiger partial charge in [-0.2, -0.15) is 0 Å². The predicted molar refractivity (Wildman–Crippen MR) is 95.5 cm³/mol. The van der Waals surface area contributed by atoms with Crippen LogP contribution in [0.4, 0.5) is 14.5 Å². The van der Waals surface area contributed by atoms with Crippen LogP contribution in [0.5, 0.6) is 0 Å². The van der Waals surface area contributed by atoms with Gasteiger partial charge in [0.05, 0.1) is 34.9 Å². The van der Waals surface area contributed by atoms with E-state index in [2.05, 4.69) is 4.72 Å². The number of carbonyl (C=O) groups is 2. The third-order valence-electron chi connectivity index (χ3n) is 3.47. The highest BCUT2D eigenvalue weighted by molar-refractivity contribution is 7.92. The Morgan fingerprint density at radius 3 is 2.18 bits per heavy atom. The van der Waals surface area contributed by atoms with Gasteiger partial charge in [0.2, 0.25) is 0 Å². The summed E-state index contributed by atoms with van der Waals surface area (Å²) < 4.78 is 63.4. The molecule has 0 radical (unpaired) electrons. The summed E-state index contributed by atoms with van der Waals surface area (Å²) in [5.74, 6) is -4.13. The molecule has 28 heavy (non-hydrogen) atoms. The first-order valence-corrected chi connectivity index (χ1v) is 9.64. The molecule has 0 aliphatic rings. The van der Waals surface area contributed by atoms with Gasteiger partial charge in [-0.15, -0.1) is 0 Å². The van der Waals surface area contributed by atoms with Crippen molar-refractivity contribution in [2.45, 2.75) is 18.7 Å². The Balaban J connectivity index is 2.50. The van der Waals surface area contributed by atoms with Gasteiger partial charge in [-0.05, 0) is 50.2 Å². The predicted octanol–water partition coefficient (Wildman–Crippen LogP) is 3.12. The fraction of sp³-hybridized carbons (Fsp3) is 0.222. The SMILES string of the molecule is CCOC(=O)c1ccc(C(=O)OCC)c(NS(=O)(=O)c2ccc(F)c(F)c2)c1. The summed E-state index contributed by atoms with van der Waals surface area (Å²) in [6.45, 7) is 3.29. The van der Waals surface area contributed by atoms with Gasteiger partial charge in [0, 0.05) is 0 Å². The third-order valence-corrected chi connectivity index (χ3v) is 4.83. The number of nitrogens with one attached hydrogen (secondary N) is 1. The summed E-state index contributed by atoms with van der Waals surface area (Å²) in [5, 5.41) is 0. The smallest absolute Gasteiger partial charge is 0.340 e. The number of anilines is 1. The lowest BCUT2D eigenvalue weighted by Crippen LogP contribution is -2.18. The van der Waals surface area contributed by atoms with Crippen LogP contribution in [0.3, 0.4) is 0 Å². The van der Waals surface area contributed by atoms with Crippen LogP contribution in [-0.2, 0) is 19.5 Å². The van der Waals surface area contributed by atoms with Crippen LogP contribution >= 0.6 is 0 Å².